The highest BCUT2D eigenvalue weighted by molar-refractivity contribution is 7.92. The number of hydrogen-bond acceptors (Lipinski definition) is 6. The summed E-state index contributed by atoms with van der Waals surface area (Å²) in [5, 5.41) is 8.91. The molecule has 8 nitrogen and oxygen atoms in total. The van der Waals surface area contributed by atoms with Gasteiger partial charge in [-0.25, -0.2) is 22.0 Å². The second kappa shape index (κ2) is 7.62. The molecule has 2 aromatic carbocycles. The van der Waals surface area contributed by atoms with Crippen molar-refractivity contribution in [3.63, 3.8) is 0 Å². The van der Waals surface area contributed by atoms with E-state index in [0.717, 1.165) is 0 Å². The molecule has 1 heterocycles. The Morgan fingerprint density at radius 3 is 2.17 bits per heavy atom. The van der Waals surface area contributed by atoms with Crippen LogP contribution in [0.3, 0.4) is 0 Å². The van der Waals surface area contributed by atoms with E-state index in [0.29, 0.717) is 22.6 Å². The molecular formula is C19H21N3O5S2. The van der Waals surface area contributed by atoms with Crippen LogP contribution in [0, 0.1) is 6.92 Å². The van der Waals surface area contributed by atoms with Gasteiger partial charge in [-0.2, -0.15) is 0 Å². The quantitative estimate of drug-likeness (QED) is 0.611. The number of nitrogens with one attached hydrogen (secondary N) is 1. The molecule has 154 valence electrons. The van der Waals surface area contributed by atoms with Crippen molar-refractivity contribution in [2.45, 2.75) is 36.5 Å². The van der Waals surface area contributed by atoms with Crippen LogP contribution in [0.25, 0.3) is 11.3 Å². The van der Waals surface area contributed by atoms with Gasteiger partial charge < -0.3 is 4.52 Å². The monoisotopic (exact) mass is 435 g/mol. The zero-order valence-electron chi connectivity index (χ0n) is 16.1. The lowest BCUT2D eigenvalue weighted by Crippen LogP contribution is -2.16. The number of sulfonamides is 2. The SMILES string of the molecule is Cc1cc(-c2ccc(C(C)C)c(S(=O)(=O)Nc3ccc(S(N)(=O)=O)cc3)c2)on1. The Hall–Kier alpha value is -2.69. The fourth-order valence-electron chi connectivity index (χ4n) is 2.82. The number of nitrogens with two attached hydrogens (primary N) is 1. The van der Waals surface area contributed by atoms with Crippen molar-refractivity contribution in [2.24, 2.45) is 5.14 Å². The van der Waals surface area contributed by atoms with Gasteiger partial charge in [0.1, 0.15) is 0 Å². The Labute approximate surface area is 169 Å². The summed E-state index contributed by atoms with van der Waals surface area (Å²) in [6.07, 6.45) is 0. The Balaban J connectivity index is 2.02. The second-order valence-corrected chi connectivity index (χ2v) is 10.1. The molecule has 0 spiro atoms. The van der Waals surface area contributed by atoms with Crippen LogP contribution in [0.2, 0.25) is 0 Å². The molecule has 0 aliphatic heterocycles. The maximum absolute atomic E-state index is 13.1. The standard InChI is InChI=1S/C19H21N3O5S2/c1-12(2)17-9-4-14(18-10-13(3)21-27-18)11-19(17)29(25,26)22-15-5-7-16(8-6-15)28(20,23)24/h4-12,22H,1-3H3,(H2,20,23,24). The molecule has 0 aliphatic carbocycles. The van der Waals surface area contributed by atoms with E-state index in [-0.39, 0.29) is 21.4 Å². The normalized spacial score (nSPS) is 12.3. The van der Waals surface area contributed by atoms with Gasteiger partial charge >= 0.3 is 0 Å². The van der Waals surface area contributed by atoms with Gasteiger partial charge in [0.15, 0.2) is 5.76 Å². The van der Waals surface area contributed by atoms with Crippen molar-refractivity contribution in [3.8, 4) is 11.3 Å². The maximum Gasteiger partial charge on any atom is 0.262 e. The highest BCUT2D eigenvalue weighted by Gasteiger charge is 2.22. The number of aryl methyl sites for hydroxylation is 1. The first-order valence-electron chi connectivity index (χ1n) is 8.71. The fourth-order valence-corrected chi connectivity index (χ4v) is 4.79. The zero-order valence-corrected chi connectivity index (χ0v) is 17.7. The van der Waals surface area contributed by atoms with E-state index < -0.39 is 20.0 Å². The van der Waals surface area contributed by atoms with Crippen LogP contribution in [0.4, 0.5) is 5.69 Å². The first-order valence-corrected chi connectivity index (χ1v) is 11.7. The van der Waals surface area contributed by atoms with Crippen molar-refractivity contribution >= 4 is 25.7 Å². The Morgan fingerprint density at radius 2 is 1.66 bits per heavy atom. The van der Waals surface area contributed by atoms with Gasteiger partial charge in [0.2, 0.25) is 10.0 Å². The zero-order chi connectivity index (χ0) is 21.4. The van der Waals surface area contributed by atoms with Crippen molar-refractivity contribution in [1.29, 1.82) is 0 Å². The first kappa shape index (κ1) is 21.0. The molecule has 0 saturated heterocycles. The molecule has 0 atom stereocenters. The van der Waals surface area contributed by atoms with E-state index in [9.17, 15) is 16.8 Å². The molecule has 29 heavy (non-hydrogen) atoms. The lowest BCUT2D eigenvalue weighted by Gasteiger charge is -2.16. The molecule has 0 unspecified atom stereocenters. The summed E-state index contributed by atoms with van der Waals surface area (Å²) in [6, 6.07) is 12.0. The van der Waals surface area contributed by atoms with Crippen LogP contribution in [0.15, 0.2) is 62.8 Å². The van der Waals surface area contributed by atoms with Crippen LogP contribution >= 0.6 is 0 Å². The number of rotatable bonds is 6. The van der Waals surface area contributed by atoms with E-state index in [1.807, 2.05) is 13.8 Å². The molecule has 3 aromatic rings. The highest BCUT2D eigenvalue weighted by Crippen LogP contribution is 2.31. The summed E-state index contributed by atoms with van der Waals surface area (Å²) < 4.78 is 56.7. The molecule has 0 fully saturated rings. The van der Waals surface area contributed by atoms with Gasteiger partial charge in [0.05, 0.1) is 15.5 Å². The average molecular weight is 436 g/mol. The van der Waals surface area contributed by atoms with E-state index in [4.69, 9.17) is 9.66 Å². The van der Waals surface area contributed by atoms with Gasteiger partial charge in [-0.1, -0.05) is 31.1 Å². The summed E-state index contributed by atoms with van der Waals surface area (Å²) >= 11 is 0. The van der Waals surface area contributed by atoms with Crippen LogP contribution in [-0.2, 0) is 20.0 Å². The summed E-state index contributed by atoms with van der Waals surface area (Å²) in [7, 11) is -7.82. The molecule has 0 saturated carbocycles. The number of nitrogens with zero attached hydrogens (tertiary/aromatic N) is 1. The van der Waals surface area contributed by atoms with E-state index in [1.165, 1.54) is 30.3 Å². The smallest absolute Gasteiger partial charge is 0.262 e. The molecule has 3 rings (SSSR count). The highest BCUT2D eigenvalue weighted by atomic mass is 32.2. The lowest BCUT2D eigenvalue weighted by atomic mass is 10.0. The Kier molecular flexibility index (Phi) is 5.52. The van der Waals surface area contributed by atoms with Crippen LogP contribution in [0.5, 0.6) is 0 Å². The summed E-state index contributed by atoms with van der Waals surface area (Å²) in [4.78, 5) is 0.000537. The molecule has 0 radical (unpaired) electrons. The third kappa shape index (κ3) is 4.66. The first-order chi connectivity index (χ1) is 13.5. The summed E-state index contributed by atoms with van der Waals surface area (Å²) in [5.41, 5.74) is 2.12. The fraction of sp³-hybridized carbons (Fsp3) is 0.211. The Bertz CT molecular complexity index is 1250. The van der Waals surface area contributed by atoms with Gasteiger partial charge in [-0.15, -0.1) is 0 Å². The minimum Gasteiger partial charge on any atom is -0.356 e. The molecule has 0 amide bonds. The minimum absolute atomic E-state index is 0.0446. The van der Waals surface area contributed by atoms with Crippen molar-refractivity contribution in [2.75, 3.05) is 4.72 Å². The molecule has 3 N–H and O–H groups in total. The van der Waals surface area contributed by atoms with Gasteiger partial charge in [-0.3, -0.25) is 4.72 Å². The largest absolute Gasteiger partial charge is 0.356 e. The lowest BCUT2D eigenvalue weighted by molar-refractivity contribution is 0.427. The van der Waals surface area contributed by atoms with Gasteiger partial charge in [0, 0.05) is 17.3 Å². The maximum atomic E-state index is 13.1. The van der Waals surface area contributed by atoms with Crippen LogP contribution in [-0.4, -0.2) is 22.0 Å². The molecule has 0 aliphatic rings. The van der Waals surface area contributed by atoms with Crippen molar-refractivity contribution in [1.82, 2.24) is 5.16 Å². The van der Waals surface area contributed by atoms with Crippen molar-refractivity contribution < 1.29 is 21.4 Å². The predicted octanol–water partition coefficient (Wildman–Crippen LogP) is 3.22. The summed E-state index contributed by atoms with van der Waals surface area (Å²) in [6.45, 7) is 5.57. The molecule has 10 heteroatoms. The van der Waals surface area contributed by atoms with Gasteiger partial charge in [-0.05, 0) is 48.7 Å². The van der Waals surface area contributed by atoms with Crippen LogP contribution < -0.4 is 9.86 Å². The molecule has 1 aromatic heterocycles. The number of primary sulfonamides is 1. The van der Waals surface area contributed by atoms with E-state index in [2.05, 4.69) is 9.88 Å². The van der Waals surface area contributed by atoms with E-state index in [1.54, 1.807) is 25.1 Å². The van der Waals surface area contributed by atoms with Gasteiger partial charge in [0.25, 0.3) is 10.0 Å². The molecular weight excluding hydrogens is 414 g/mol. The third-order valence-electron chi connectivity index (χ3n) is 4.27. The topological polar surface area (TPSA) is 132 Å². The Morgan fingerprint density at radius 1 is 1.00 bits per heavy atom. The third-order valence-corrected chi connectivity index (χ3v) is 6.64. The second-order valence-electron chi connectivity index (χ2n) is 6.91. The van der Waals surface area contributed by atoms with Crippen LogP contribution in [0.1, 0.15) is 31.0 Å². The van der Waals surface area contributed by atoms with E-state index >= 15 is 0 Å². The predicted molar refractivity (Wildman–Crippen MR) is 109 cm³/mol. The number of anilines is 1. The molecule has 0 bridgehead atoms. The average Bonchev–Trinajstić information content (AvgIpc) is 3.07. The van der Waals surface area contributed by atoms with Crippen molar-refractivity contribution in [3.05, 3.63) is 59.8 Å². The minimum atomic E-state index is -3.95. The number of hydrogen-bond donors (Lipinski definition) is 2. The number of aromatic nitrogens is 1. The number of benzene rings is 2. The summed E-state index contributed by atoms with van der Waals surface area (Å²) in [5.74, 6) is 0.420.